The van der Waals surface area contributed by atoms with E-state index in [1.807, 2.05) is 0 Å². The second-order valence-corrected chi connectivity index (χ2v) is 5.57. The van der Waals surface area contributed by atoms with Gasteiger partial charge in [-0.15, -0.1) is 0 Å². The molecule has 7 heteroatoms. The van der Waals surface area contributed by atoms with Crippen molar-refractivity contribution >= 4 is 5.91 Å². The quantitative estimate of drug-likeness (QED) is 0.837. The summed E-state index contributed by atoms with van der Waals surface area (Å²) in [5, 5.41) is 11.7. The van der Waals surface area contributed by atoms with Crippen molar-refractivity contribution in [2.24, 2.45) is 0 Å². The van der Waals surface area contributed by atoms with Gasteiger partial charge in [0.25, 0.3) is 5.91 Å². The second kappa shape index (κ2) is 8.02. The van der Waals surface area contributed by atoms with Crippen LogP contribution in [0.3, 0.4) is 0 Å². The fraction of sp³-hybridized carbons (Fsp3) is 0.278. The van der Waals surface area contributed by atoms with Gasteiger partial charge < -0.3 is 15.2 Å². The monoisotopic (exact) mass is 353 g/mol. The third-order valence-corrected chi connectivity index (χ3v) is 3.34. The van der Waals surface area contributed by atoms with Crippen molar-refractivity contribution in [1.82, 2.24) is 5.32 Å². The Balaban J connectivity index is 1.97. The van der Waals surface area contributed by atoms with Gasteiger partial charge in [0.1, 0.15) is 12.4 Å². The predicted molar refractivity (Wildman–Crippen MR) is 86.2 cm³/mol. The average Bonchev–Trinajstić information content (AvgIpc) is 2.57. The SMILES string of the molecule is CC(O)CNC(=O)c1cccc(OCc2ccc(C(F)(F)F)cc2)c1. The van der Waals surface area contributed by atoms with Crippen LogP contribution in [-0.2, 0) is 12.8 Å². The number of rotatable bonds is 6. The van der Waals surface area contributed by atoms with Gasteiger partial charge in [0.2, 0.25) is 0 Å². The molecule has 0 fully saturated rings. The molecule has 2 aromatic carbocycles. The molecule has 2 rings (SSSR count). The van der Waals surface area contributed by atoms with E-state index in [9.17, 15) is 23.1 Å². The zero-order valence-electron chi connectivity index (χ0n) is 13.5. The highest BCUT2D eigenvalue weighted by Gasteiger charge is 2.29. The lowest BCUT2D eigenvalue weighted by Crippen LogP contribution is -2.30. The first-order chi connectivity index (χ1) is 11.8. The number of alkyl halides is 3. The van der Waals surface area contributed by atoms with Gasteiger partial charge >= 0.3 is 6.18 Å². The number of carbonyl (C=O) groups excluding carboxylic acids is 1. The number of hydrogen-bond acceptors (Lipinski definition) is 3. The first kappa shape index (κ1) is 18.8. The summed E-state index contributed by atoms with van der Waals surface area (Å²) >= 11 is 0. The van der Waals surface area contributed by atoms with Gasteiger partial charge in [-0.2, -0.15) is 13.2 Å². The lowest BCUT2D eigenvalue weighted by atomic mass is 10.1. The Labute approximate surface area is 143 Å². The highest BCUT2D eigenvalue weighted by Crippen LogP contribution is 2.29. The molecule has 0 aliphatic carbocycles. The van der Waals surface area contributed by atoms with Gasteiger partial charge in [-0.25, -0.2) is 0 Å². The lowest BCUT2D eigenvalue weighted by molar-refractivity contribution is -0.137. The molecule has 1 unspecified atom stereocenters. The average molecular weight is 353 g/mol. The van der Waals surface area contributed by atoms with E-state index in [0.29, 0.717) is 16.9 Å². The molecule has 0 bridgehead atoms. The summed E-state index contributed by atoms with van der Waals surface area (Å²) in [6, 6.07) is 11.1. The highest BCUT2D eigenvalue weighted by atomic mass is 19.4. The van der Waals surface area contributed by atoms with Gasteiger partial charge in [-0.05, 0) is 42.8 Å². The van der Waals surface area contributed by atoms with Crippen LogP contribution in [0.2, 0.25) is 0 Å². The van der Waals surface area contributed by atoms with Crippen molar-refractivity contribution in [3.63, 3.8) is 0 Å². The fourth-order valence-electron chi connectivity index (χ4n) is 2.03. The summed E-state index contributed by atoms with van der Waals surface area (Å²) < 4.78 is 43.1. The Bertz CT molecular complexity index is 712. The first-order valence-electron chi connectivity index (χ1n) is 7.61. The summed E-state index contributed by atoms with van der Waals surface area (Å²) in [6.07, 6.45) is -5.02. The summed E-state index contributed by atoms with van der Waals surface area (Å²) in [6.45, 7) is 1.77. The third-order valence-electron chi connectivity index (χ3n) is 3.34. The molecule has 2 N–H and O–H groups in total. The van der Waals surface area contributed by atoms with Gasteiger partial charge in [0.15, 0.2) is 0 Å². The topological polar surface area (TPSA) is 58.6 Å². The van der Waals surface area contributed by atoms with E-state index in [4.69, 9.17) is 4.74 Å². The molecular weight excluding hydrogens is 335 g/mol. The van der Waals surface area contributed by atoms with Crippen molar-refractivity contribution in [3.8, 4) is 5.75 Å². The molecule has 134 valence electrons. The second-order valence-electron chi connectivity index (χ2n) is 5.57. The molecular formula is C18H18F3NO3. The minimum absolute atomic E-state index is 0.0802. The van der Waals surface area contributed by atoms with Crippen LogP contribution in [0.4, 0.5) is 13.2 Å². The summed E-state index contributed by atoms with van der Waals surface area (Å²) in [5.74, 6) is 0.0745. The van der Waals surface area contributed by atoms with E-state index >= 15 is 0 Å². The number of hydrogen-bond donors (Lipinski definition) is 2. The minimum atomic E-state index is -4.37. The van der Waals surface area contributed by atoms with Crippen molar-refractivity contribution < 1.29 is 27.8 Å². The Morgan fingerprint density at radius 2 is 1.88 bits per heavy atom. The van der Waals surface area contributed by atoms with Gasteiger partial charge in [-0.3, -0.25) is 4.79 Å². The van der Waals surface area contributed by atoms with Crippen molar-refractivity contribution in [3.05, 3.63) is 65.2 Å². The molecule has 1 amide bonds. The normalized spacial score (nSPS) is 12.5. The number of ether oxygens (including phenoxy) is 1. The maximum Gasteiger partial charge on any atom is 0.416 e. The van der Waals surface area contributed by atoms with Gasteiger partial charge in [0, 0.05) is 12.1 Å². The van der Waals surface area contributed by atoms with E-state index in [-0.39, 0.29) is 19.1 Å². The zero-order chi connectivity index (χ0) is 18.4. The van der Waals surface area contributed by atoms with Crippen LogP contribution < -0.4 is 10.1 Å². The van der Waals surface area contributed by atoms with Crippen LogP contribution in [0, 0.1) is 0 Å². The van der Waals surface area contributed by atoms with E-state index < -0.39 is 17.8 Å². The molecule has 4 nitrogen and oxygen atoms in total. The van der Waals surface area contributed by atoms with E-state index in [2.05, 4.69) is 5.32 Å². The Hall–Kier alpha value is -2.54. The van der Waals surface area contributed by atoms with Crippen molar-refractivity contribution in [2.75, 3.05) is 6.54 Å². The first-order valence-corrected chi connectivity index (χ1v) is 7.61. The molecule has 0 saturated carbocycles. The highest BCUT2D eigenvalue weighted by molar-refractivity contribution is 5.94. The molecule has 0 aliphatic heterocycles. The Morgan fingerprint density at radius 3 is 2.48 bits per heavy atom. The summed E-state index contributed by atoms with van der Waals surface area (Å²) in [5.41, 5.74) is 0.232. The molecule has 0 spiro atoms. The van der Waals surface area contributed by atoms with Gasteiger partial charge in [-0.1, -0.05) is 18.2 Å². The number of halogens is 3. The molecule has 0 aliphatic rings. The number of amides is 1. The number of aliphatic hydroxyl groups excluding tert-OH is 1. The minimum Gasteiger partial charge on any atom is -0.489 e. The largest absolute Gasteiger partial charge is 0.489 e. The number of nitrogens with one attached hydrogen (secondary N) is 1. The summed E-state index contributed by atoms with van der Waals surface area (Å²) in [7, 11) is 0. The van der Waals surface area contributed by atoms with Crippen LogP contribution in [0.5, 0.6) is 5.75 Å². The number of benzene rings is 2. The van der Waals surface area contributed by atoms with Crippen LogP contribution in [0.15, 0.2) is 48.5 Å². The predicted octanol–water partition coefficient (Wildman–Crippen LogP) is 3.40. The third kappa shape index (κ3) is 5.79. The van der Waals surface area contributed by atoms with Crippen LogP contribution in [-0.4, -0.2) is 23.7 Å². The van der Waals surface area contributed by atoms with E-state index in [1.165, 1.54) is 18.2 Å². The van der Waals surface area contributed by atoms with Crippen molar-refractivity contribution in [1.29, 1.82) is 0 Å². The summed E-state index contributed by atoms with van der Waals surface area (Å²) in [4.78, 5) is 11.9. The molecule has 1 atom stereocenters. The number of aliphatic hydroxyl groups is 1. The maximum absolute atomic E-state index is 12.5. The number of carbonyl (C=O) groups is 1. The Morgan fingerprint density at radius 1 is 1.20 bits per heavy atom. The molecule has 0 radical (unpaired) electrons. The standard InChI is InChI=1S/C18H18F3NO3/c1-12(23)10-22-17(24)14-3-2-4-16(9-14)25-11-13-5-7-15(8-6-13)18(19,20)21/h2-9,12,23H,10-11H2,1H3,(H,22,24). The molecule has 0 saturated heterocycles. The fourth-order valence-corrected chi connectivity index (χ4v) is 2.03. The zero-order valence-corrected chi connectivity index (χ0v) is 13.5. The van der Waals surface area contributed by atoms with Crippen LogP contribution in [0.25, 0.3) is 0 Å². The molecule has 2 aromatic rings. The van der Waals surface area contributed by atoms with E-state index in [0.717, 1.165) is 12.1 Å². The van der Waals surface area contributed by atoms with Crippen molar-refractivity contribution in [2.45, 2.75) is 25.8 Å². The Kier molecular flexibility index (Phi) is 6.03. The molecule has 25 heavy (non-hydrogen) atoms. The molecule has 0 heterocycles. The van der Waals surface area contributed by atoms with Crippen LogP contribution in [0.1, 0.15) is 28.4 Å². The van der Waals surface area contributed by atoms with Crippen LogP contribution >= 0.6 is 0 Å². The molecule has 0 aromatic heterocycles. The smallest absolute Gasteiger partial charge is 0.416 e. The maximum atomic E-state index is 12.5. The lowest BCUT2D eigenvalue weighted by Gasteiger charge is -2.11. The van der Waals surface area contributed by atoms with E-state index in [1.54, 1.807) is 25.1 Å². The van der Waals surface area contributed by atoms with Gasteiger partial charge in [0.05, 0.1) is 11.7 Å².